The zero-order valence-corrected chi connectivity index (χ0v) is 11.4. The molecule has 0 saturated carbocycles. The zero-order valence-electron chi connectivity index (χ0n) is 10.6. The molecule has 0 bridgehead atoms. The summed E-state index contributed by atoms with van der Waals surface area (Å²) in [6.45, 7) is 1.70. The van der Waals surface area contributed by atoms with Crippen LogP contribution < -0.4 is 4.74 Å². The number of hydrogen-bond donors (Lipinski definition) is 0. The minimum Gasteiger partial charge on any atom is -0.497 e. The van der Waals surface area contributed by atoms with Crippen molar-refractivity contribution in [2.75, 3.05) is 14.2 Å². The van der Waals surface area contributed by atoms with Gasteiger partial charge in [0.25, 0.3) is 0 Å². The van der Waals surface area contributed by atoms with Gasteiger partial charge in [-0.05, 0) is 31.2 Å². The van der Waals surface area contributed by atoms with Crippen LogP contribution >= 0.6 is 0 Å². The number of nitriles is 1. The molecule has 1 unspecified atom stereocenters. The summed E-state index contributed by atoms with van der Waals surface area (Å²) in [6, 6.07) is 7.77. The quantitative estimate of drug-likeness (QED) is 0.813. The molecule has 0 fully saturated rings. The highest BCUT2D eigenvalue weighted by molar-refractivity contribution is 7.89. The Balaban J connectivity index is 3.02. The molecule has 0 amide bonds. The number of nitrogens with zero attached hydrogens (tertiary/aromatic N) is 2. The highest BCUT2D eigenvalue weighted by atomic mass is 32.2. The molecule has 1 atom stereocenters. The lowest BCUT2D eigenvalue weighted by Crippen LogP contribution is -2.34. The first-order chi connectivity index (χ1) is 8.43. The van der Waals surface area contributed by atoms with E-state index in [0.29, 0.717) is 5.75 Å². The van der Waals surface area contributed by atoms with Gasteiger partial charge in [-0.15, -0.1) is 0 Å². The molecule has 0 radical (unpaired) electrons. The maximum atomic E-state index is 12.2. The average molecular weight is 268 g/mol. The molecule has 0 saturated heterocycles. The summed E-state index contributed by atoms with van der Waals surface area (Å²) in [4.78, 5) is 0.190. The first-order valence-corrected chi connectivity index (χ1v) is 6.86. The van der Waals surface area contributed by atoms with E-state index in [4.69, 9.17) is 10.00 Å². The number of hydrogen-bond acceptors (Lipinski definition) is 4. The topological polar surface area (TPSA) is 70.4 Å². The molecule has 0 N–H and O–H groups in total. The number of methoxy groups -OCH3 is 1. The molecule has 0 aromatic heterocycles. The van der Waals surface area contributed by atoms with Gasteiger partial charge in [-0.1, -0.05) is 0 Å². The van der Waals surface area contributed by atoms with Gasteiger partial charge >= 0.3 is 0 Å². The molecule has 98 valence electrons. The summed E-state index contributed by atoms with van der Waals surface area (Å²) in [5.41, 5.74) is 0. The van der Waals surface area contributed by atoms with Gasteiger partial charge in [-0.25, -0.2) is 8.42 Å². The molecule has 6 heteroatoms. The van der Waals surface area contributed by atoms with Crippen molar-refractivity contribution in [1.82, 2.24) is 4.31 Å². The lowest BCUT2D eigenvalue weighted by Gasteiger charge is -2.22. The van der Waals surface area contributed by atoms with E-state index in [0.717, 1.165) is 0 Å². The molecule has 1 aromatic rings. The maximum Gasteiger partial charge on any atom is 0.243 e. The fourth-order valence-electron chi connectivity index (χ4n) is 1.41. The van der Waals surface area contributed by atoms with Gasteiger partial charge in [0.05, 0.1) is 24.5 Å². The van der Waals surface area contributed by atoms with Crippen molar-refractivity contribution in [2.24, 2.45) is 0 Å². The lowest BCUT2D eigenvalue weighted by atomic mass is 10.3. The van der Waals surface area contributed by atoms with E-state index in [2.05, 4.69) is 0 Å². The Morgan fingerprint density at radius 2 is 1.94 bits per heavy atom. The molecule has 1 rings (SSSR count). The number of benzene rings is 1. The van der Waals surface area contributed by atoms with Crippen molar-refractivity contribution in [3.63, 3.8) is 0 Å². The Bertz CT molecular complexity index is 531. The first kappa shape index (κ1) is 14.5. The van der Waals surface area contributed by atoms with Crippen LogP contribution in [0.4, 0.5) is 0 Å². The SMILES string of the molecule is COc1ccc(S(=O)(=O)N(C)C(C)CC#N)cc1. The highest BCUT2D eigenvalue weighted by Gasteiger charge is 2.25. The van der Waals surface area contributed by atoms with Gasteiger partial charge in [-0.3, -0.25) is 0 Å². The third-order valence-electron chi connectivity index (χ3n) is 2.74. The van der Waals surface area contributed by atoms with Gasteiger partial charge in [-0.2, -0.15) is 9.57 Å². The largest absolute Gasteiger partial charge is 0.497 e. The van der Waals surface area contributed by atoms with Crippen molar-refractivity contribution in [1.29, 1.82) is 5.26 Å². The molecule has 0 heterocycles. The van der Waals surface area contributed by atoms with Crippen molar-refractivity contribution in [3.05, 3.63) is 24.3 Å². The Labute approximate surface area is 108 Å². The Hall–Kier alpha value is -1.58. The summed E-state index contributed by atoms with van der Waals surface area (Å²) in [7, 11) is -0.566. The fourth-order valence-corrected chi connectivity index (χ4v) is 2.77. The normalized spacial score (nSPS) is 13.1. The van der Waals surface area contributed by atoms with Crippen LogP contribution in [0, 0.1) is 11.3 Å². The average Bonchev–Trinajstić information content (AvgIpc) is 2.38. The van der Waals surface area contributed by atoms with E-state index in [9.17, 15) is 8.42 Å². The van der Waals surface area contributed by atoms with E-state index >= 15 is 0 Å². The van der Waals surface area contributed by atoms with E-state index in [1.807, 2.05) is 6.07 Å². The number of ether oxygens (including phenoxy) is 1. The molecule has 0 spiro atoms. The standard InChI is InChI=1S/C12H16N2O3S/c1-10(8-9-13)14(2)18(15,16)12-6-4-11(17-3)5-7-12/h4-7,10H,8H2,1-3H3. The molecule has 5 nitrogen and oxygen atoms in total. The molecule has 18 heavy (non-hydrogen) atoms. The first-order valence-electron chi connectivity index (χ1n) is 5.42. The third-order valence-corrected chi connectivity index (χ3v) is 4.73. The van der Waals surface area contributed by atoms with Gasteiger partial charge in [0.1, 0.15) is 5.75 Å². The van der Waals surface area contributed by atoms with Crippen LogP contribution in [-0.4, -0.2) is 32.9 Å². The van der Waals surface area contributed by atoms with E-state index in [1.165, 1.54) is 30.6 Å². The molecular weight excluding hydrogens is 252 g/mol. The van der Waals surface area contributed by atoms with Crippen LogP contribution in [-0.2, 0) is 10.0 Å². The zero-order chi connectivity index (χ0) is 13.8. The van der Waals surface area contributed by atoms with Crippen molar-refractivity contribution >= 4 is 10.0 Å². The van der Waals surface area contributed by atoms with Crippen molar-refractivity contribution in [3.8, 4) is 11.8 Å². The van der Waals surface area contributed by atoms with Gasteiger partial charge < -0.3 is 4.74 Å². The Morgan fingerprint density at radius 3 is 2.39 bits per heavy atom. The van der Waals surface area contributed by atoms with Crippen LogP contribution in [0.25, 0.3) is 0 Å². The van der Waals surface area contributed by atoms with Gasteiger partial charge in [0.15, 0.2) is 0 Å². The van der Waals surface area contributed by atoms with E-state index in [1.54, 1.807) is 19.1 Å². The minimum absolute atomic E-state index is 0.159. The van der Waals surface area contributed by atoms with Crippen LogP contribution in [0.15, 0.2) is 29.2 Å². The Morgan fingerprint density at radius 1 is 1.39 bits per heavy atom. The number of rotatable bonds is 5. The second-order valence-corrected chi connectivity index (χ2v) is 5.91. The summed E-state index contributed by atoms with van der Waals surface area (Å²) in [5, 5.41) is 8.60. The Kier molecular flexibility index (Phi) is 4.70. The third kappa shape index (κ3) is 3.00. The number of sulfonamides is 1. The molecule has 0 aliphatic carbocycles. The molecule has 1 aromatic carbocycles. The smallest absolute Gasteiger partial charge is 0.243 e. The van der Waals surface area contributed by atoms with Crippen molar-refractivity contribution in [2.45, 2.75) is 24.3 Å². The highest BCUT2D eigenvalue weighted by Crippen LogP contribution is 2.20. The van der Waals surface area contributed by atoms with Crippen LogP contribution in [0.2, 0.25) is 0 Å². The molecular formula is C12H16N2O3S. The monoisotopic (exact) mass is 268 g/mol. The fraction of sp³-hybridized carbons (Fsp3) is 0.417. The maximum absolute atomic E-state index is 12.2. The molecule has 0 aliphatic heterocycles. The van der Waals surface area contributed by atoms with Crippen LogP contribution in [0.5, 0.6) is 5.75 Å². The molecule has 0 aliphatic rings. The van der Waals surface area contributed by atoms with Gasteiger partial charge in [0, 0.05) is 13.1 Å². The summed E-state index contributed by atoms with van der Waals surface area (Å²) in [6.07, 6.45) is 0.159. The summed E-state index contributed by atoms with van der Waals surface area (Å²) >= 11 is 0. The van der Waals surface area contributed by atoms with Gasteiger partial charge in [0.2, 0.25) is 10.0 Å². The second-order valence-electron chi connectivity index (χ2n) is 3.91. The lowest BCUT2D eigenvalue weighted by molar-refractivity contribution is 0.392. The summed E-state index contributed by atoms with van der Waals surface area (Å²) < 4.78 is 30.6. The van der Waals surface area contributed by atoms with Crippen molar-refractivity contribution < 1.29 is 13.2 Å². The minimum atomic E-state index is -3.56. The van der Waals surface area contributed by atoms with Crippen LogP contribution in [0.1, 0.15) is 13.3 Å². The van der Waals surface area contributed by atoms with E-state index in [-0.39, 0.29) is 17.4 Å². The van der Waals surface area contributed by atoms with E-state index < -0.39 is 10.0 Å². The second kappa shape index (κ2) is 5.85. The predicted molar refractivity (Wildman–Crippen MR) is 67.6 cm³/mol. The summed E-state index contributed by atoms with van der Waals surface area (Å²) in [5.74, 6) is 0.599. The predicted octanol–water partition coefficient (Wildman–Crippen LogP) is 1.62. The van der Waals surface area contributed by atoms with Crippen LogP contribution in [0.3, 0.4) is 0 Å².